The number of carbonyl (C=O) groups excluding carboxylic acids is 3. The average molecular weight is 948 g/mol. The first-order chi connectivity index (χ1) is 33.5. The Morgan fingerprint density at radius 3 is 0.926 bits per heavy atom. The van der Waals surface area contributed by atoms with Gasteiger partial charge in [-0.1, -0.05) is 247 Å². The van der Waals surface area contributed by atoms with Gasteiger partial charge in [0, 0.05) is 19.3 Å². The highest BCUT2D eigenvalue weighted by Gasteiger charge is 2.19. The lowest BCUT2D eigenvalue weighted by atomic mass is 10.1. The smallest absolute Gasteiger partial charge is 0.306 e. The van der Waals surface area contributed by atoms with Gasteiger partial charge in [0.1, 0.15) is 13.2 Å². The van der Waals surface area contributed by atoms with E-state index in [2.05, 4.69) is 106 Å². The van der Waals surface area contributed by atoms with E-state index in [1.54, 1.807) is 0 Å². The number of esters is 3. The zero-order valence-corrected chi connectivity index (χ0v) is 44.6. The molecule has 0 spiro atoms. The van der Waals surface area contributed by atoms with Crippen molar-refractivity contribution in [1.82, 2.24) is 0 Å². The van der Waals surface area contributed by atoms with Gasteiger partial charge >= 0.3 is 17.9 Å². The van der Waals surface area contributed by atoms with Gasteiger partial charge in [0.25, 0.3) is 0 Å². The molecular formula is C62H106O6. The fourth-order valence-electron chi connectivity index (χ4n) is 7.89. The number of ether oxygens (including phenoxy) is 3. The summed E-state index contributed by atoms with van der Waals surface area (Å²) in [6, 6.07) is 0. The maximum absolute atomic E-state index is 12.9. The molecular weight excluding hydrogens is 841 g/mol. The molecule has 0 fully saturated rings. The van der Waals surface area contributed by atoms with Crippen LogP contribution in [0.25, 0.3) is 0 Å². The van der Waals surface area contributed by atoms with Crippen LogP contribution in [-0.2, 0) is 28.6 Å². The summed E-state index contributed by atoms with van der Waals surface area (Å²) in [6.45, 7) is 6.45. The molecule has 0 aromatic rings. The molecule has 0 bridgehead atoms. The summed E-state index contributed by atoms with van der Waals surface area (Å²) in [5, 5.41) is 0. The lowest BCUT2D eigenvalue weighted by Crippen LogP contribution is -2.30. The van der Waals surface area contributed by atoms with Crippen LogP contribution in [0.2, 0.25) is 0 Å². The average Bonchev–Trinajstić information content (AvgIpc) is 3.34. The fourth-order valence-corrected chi connectivity index (χ4v) is 7.89. The maximum Gasteiger partial charge on any atom is 0.306 e. The van der Waals surface area contributed by atoms with E-state index < -0.39 is 6.10 Å². The number of allylic oxidation sites excluding steroid dienone is 14. The van der Waals surface area contributed by atoms with Crippen molar-refractivity contribution in [1.29, 1.82) is 0 Å². The molecule has 1 atom stereocenters. The minimum atomic E-state index is -0.795. The first-order valence-corrected chi connectivity index (χ1v) is 28.7. The van der Waals surface area contributed by atoms with Crippen molar-refractivity contribution in [3.8, 4) is 0 Å². The van der Waals surface area contributed by atoms with Crippen LogP contribution in [0.5, 0.6) is 0 Å². The monoisotopic (exact) mass is 947 g/mol. The summed E-state index contributed by atoms with van der Waals surface area (Å²) in [5.74, 6) is -0.926. The Balaban J connectivity index is 4.41. The van der Waals surface area contributed by atoms with E-state index in [4.69, 9.17) is 14.2 Å². The van der Waals surface area contributed by atoms with E-state index in [1.807, 2.05) is 0 Å². The zero-order chi connectivity index (χ0) is 49.3. The molecule has 6 nitrogen and oxygen atoms in total. The zero-order valence-electron chi connectivity index (χ0n) is 44.6. The topological polar surface area (TPSA) is 78.9 Å². The highest BCUT2D eigenvalue weighted by Crippen LogP contribution is 2.15. The molecule has 6 heteroatoms. The van der Waals surface area contributed by atoms with E-state index in [9.17, 15) is 14.4 Å². The highest BCUT2D eigenvalue weighted by molar-refractivity contribution is 5.71. The molecule has 0 aliphatic heterocycles. The molecule has 0 heterocycles. The number of carbonyl (C=O) groups is 3. The molecule has 0 N–H and O–H groups in total. The third-order valence-corrected chi connectivity index (χ3v) is 12.2. The fraction of sp³-hybridized carbons (Fsp3) is 0.726. The maximum atomic E-state index is 12.9. The van der Waals surface area contributed by atoms with Gasteiger partial charge in [0.05, 0.1) is 0 Å². The molecule has 0 saturated carbocycles. The van der Waals surface area contributed by atoms with Crippen LogP contribution in [0.3, 0.4) is 0 Å². The van der Waals surface area contributed by atoms with Crippen molar-refractivity contribution in [2.45, 2.75) is 277 Å². The van der Waals surface area contributed by atoms with Crippen molar-refractivity contribution in [3.05, 3.63) is 85.1 Å². The Labute approximate surface area is 420 Å². The molecule has 390 valence electrons. The van der Waals surface area contributed by atoms with Crippen molar-refractivity contribution in [2.75, 3.05) is 13.2 Å². The van der Waals surface area contributed by atoms with Crippen LogP contribution in [0.15, 0.2) is 85.1 Å². The van der Waals surface area contributed by atoms with Gasteiger partial charge in [-0.3, -0.25) is 14.4 Å². The second-order valence-electron chi connectivity index (χ2n) is 18.9. The van der Waals surface area contributed by atoms with Crippen molar-refractivity contribution in [2.24, 2.45) is 0 Å². The van der Waals surface area contributed by atoms with Crippen molar-refractivity contribution >= 4 is 17.9 Å². The summed E-state index contributed by atoms with van der Waals surface area (Å²) in [6.07, 6.45) is 72.8. The second-order valence-corrected chi connectivity index (χ2v) is 18.9. The van der Waals surface area contributed by atoms with Crippen LogP contribution in [-0.4, -0.2) is 37.2 Å². The van der Waals surface area contributed by atoms with Crippen LogP contribution in [0, 0.1) is 0 Å². The summed E-state index contributed by atoms with van der Waals surface area (Å²) >= 11 is 0. The lowest BCUT2D eigenvalue weighted by Gasteiger charge is -2.18. The molecule has 1 unspecified atom stereocenters. The summed E-state index contributed by atoms with van der Waals surface area (Å²) < 4.78 is 16.8. The van der Waals surface area contributed by atoms with E-state index in [1.165, 1.54) is 128 Å². The Kier molecular flexibility index (Phi) is 53.4. The second kappa shape index (κ2) is 56.2. The predicted octanol–water partition coefficient (Wildman–Crippen LogP) is 19.2. The number of rotatable bonds is 51. The van der Waals surface area contributed by atoms with Gasteiger partial charge in [-0.05, 0) is 89.9 Å². The summed E-state index contributed by atoms with van der Waals surface area (Å²) in [7, 11) is 0. The molecule has 0 aromatic heterocycles. The quantitative estimate of drug-likeness (QED) is 0.0262. The van der Waals surface area contributed by atoms with Gasteiger partial charge in [0.2, 0.25) is 0 Å². The molecule has 0 aromatic carbocycles. The molecule has 0 aliphatic rings. The van der Waals surface area contributed by atoms with Crippen LogP contribution >= 0.6 is 0 Å². The Bertz CT molecular complexity index is 1320. The largest absolute Gasteiger partial charge is 0.462 e. The van der Waals surface area contributed by atoms with Gasteiger partial charge < -0.3 is 14.2 Å². The third-order valence-electron chi connectivity index (χ3n) is 12.2. The normalized spacial score (nSPS) is 12.7. The number of hydrogen-bond donors (Lipinski definition) is 0. The van der Waals surface area contributed by atoms with E-state index in [0.29, 0.717) is 19.3 Å². The Morgan fingerprint density at radius 2 is 0.574 bits per heavy atom. The first-order valence-electron chi connectivity index (χ1n) is 28.7. The van der Waals surface area contributed by atoms with Crippen molar-refractivity contribution in [3.63, 3.8) is 0 Å². The minimum Gasteiger partial charge on any atom is -0.462 e. The first kappa shape index (κ1) is 64.6. The number of unbranched alkanes of at least 4 members (excludes halogenated alkanes) is 30. The predicted molar refractivity (Wildman–Crippen MR) is 293 cm³/mol. The minimum absolute atomic E-state index is 0.0914. The third kappa shape index (κ3) is 53.5. The van der Waals surface area contributed by atoms with Gasteiger partial charge in [0.15, 0.2) is 6.10 Å². The van der Waals surface area contributed by atoms with Crippen LogP contribution in [0.1, 0.15) is 271 Å². The molecule has 0 aliphatic carbocycles. The molecule has 68 heavy (non-hydrogen) atoms. The Hall–Kier alpha value is -3.41. The summed E-state index contributed by atoms with van der Waals surface area (Å²) in [4.78, 5) is 38.1. The van der Waals surface area contributed by atoms with E-state index >= 15 is 0 Å². The molecule has 0 amide bonds. The molecule has 0 radical (unpaired) electrons. The number of hydrogen-bond acceptors (Lipinski definition) is 6. The standard InChI is InChI=1S/C62H106O6/c1-4-7-10-13-16-19-22-25-27-29-31-33-34-37-40-43-46-49-52-55-61(64)67-58-59(57-66-60(63)54-51-48-45-42-39-36-24-21-18-15-12-9-6-3)68-62(65)56-53-50-47-44-41-38-35-32-30-28-26-23-20-17-14-11-8-5-2/h9,12,15-16,18-19,21-22,24-25,28,30,32,35,59H,4-8,10-11,13-14,17,20,23,26-27,29,31,33-34,36-58H2,1-3H3/b12-9-,18-15-,19-16-,24-21-,25-22-,30-28-,35-32-. The van der Waals surface area contributed by atoms with E-state index in [-0.39, 0.29) is 31.1 Å². The Morgan fingerprint density at radius 1 is 0.309 bits per heavy atom. The SMILES string of the molecule is CC\C=C/C=C\C=C/CCCCCCCC(=O)OCC(COC(=O)CCCCCCCCCCCC/C=C\C=C/CCCCC)OC(=O)CCCCCCC/C=C\C=C/CCCCCCCCC. The lowest BCUT2D eigenvalue weighted by molar-refractivity contribution is -0.167. The van der Waals surface area contributed by atoms with Gasteiger partial charge in [-0.25, -0.2) is 0 Å². The highest BCUT2D eigenvalue weighted by atomic mass is 16.6. The van der Waals surface area contributed by atoms with Crippen molar-refractivity contribution < 1.29 is 28.6 Å². The van der Waals surface area contributed by atoms with Gasteiger partial charge in [-0.15, -0.1) is 0 Å². The van der Waals surface area contributed by atoms with Crippen LogP contribution < -0.4 is 0 Å². The van der Waals surface area contributed by atoms with Crippen LogP contribution in [0.4, 0.5) is 0 Å². The van der Waals surface area contributed by atoms with Gasteiger partial charge in [-0.2, -0.15) is 0 Å². The molecule has 0 saturated heterocycles. The van der Waals surface area contributed by atoms with E-state index in [0.717, 1.165) is 103 Å². The summed E-state index contributed by atoms with van der Waals surface area (Å²) in [5.41, 5.74) is 0. The molecule has 0 rings (SSSR count).